The molecule has 0 aromatic heterocycles. The number of ether oxygens (including phenoxy) is 10. The molecule has 2 saturated heterocycles. The molecule has 0 aromatic carbocycles. The van der Waals surface area contributed by atoms with Gasteiger partial charge in [0.05, 0.1) is 46.0 Å². The summed E-state index contributed by atoms with van der Waals surface area (Å²) in [6.07, 6.45) is -14.1. The fourth-order valence-electron chi connectivity index (χ4n) is 5.84. The summed E-state index contributed by atoms with van der Waals surface area (Å²) < 4.78 is 55.5. The van der Waals surface area contributed by atoms with Crippen LogP contribution in [-0.4, -0.2) is 165 Å². The summed E-state index contributed by atoms with van der Waals surface area (Å²) in [5, 5.41) is 30.5. The second-order valence-electron chi connectivity index (χ2n) is 12.4. The monoisotopic (exact) mass is 807 g/mol. The maximum absolute atomic E-state index is 13.7. The summed E-state index contributed by atoms with van der Waals surface area (Å²) in [7, 11) is 0.949. The van der Waals surface area contributed by atoms with E-state index in [0.29, 0.717) is 0 Å². The average Bonchev–Trinajstić information content (AvgIpc) is 3.10. The Bertz CT molecular complexity index is 1440. The topological polar surface area (TPSA) is 325 Å². The molecule has 2 heterocycles. The normalized spacial score (nSPS) is 28.2. The number of amides is 2. The molecular weight excluding hydrogens is 758 g/mol. The third-order valence-corrected chi connectivity index (χ3v) is 7.96. The van der Waals surface area contributed by atoms with Gasteiger partial charge in [0.1, 0.15) is 43.2 Å². The fourth-order valence-corrected chi connectivity index (χ4v) is 5.84. The highest BCUT2D eigenvalue weighted by Crippen LogP contribution is 2.38. The molecule has 24 nitrogen and oxygen atoms in total. The first-order chi connectivity index (χ1) is 26.3. The molecule has 2 amide bonds. The third-order valence-electron chi connectivity index (χ3n) is 7.96. The van der Waals surface area contributed by atoms with Gasteiger partial charge < -0.3 is 68.2 Å². The standard InChI is InChI=1S/C32H49N5O19/c1-15(38)35-24-21(52-18(4)41)12-32(31(46)47-7,56-29(24)28(54-20(6)43)23(53-19(5)42)13-50-17(3)40)51-14-22-26(44)27(45)25(36-16(2)39)30(55-22)49-11-10-48-9-8-34-37-33/h21-30,44-45H,8-14H2,1-7H3,(H,35,38)(H,36,39)/t21-,22+,23+,24+,25+,26-,27+,28+,29+,30-,32+/m0/s1. The zero-order valence-corrected chi connectivity index (χ0v) is 31.9. The number of nitrogens with one attached hydrogen (secondary N) is 2. The molecule has 24 heteroatoms. The molecule has 316 valence electrons. The number of carbonyl (C=O) groups excluding carboxylic acids is 7. The van der Waals surface area contributed by atoms with Crippen molar-refractivity contribution >= 4 is 41.7 Å². The Hall–Kier alpha value is -4.68. The van der Waals surface area contributed by atoms with Crippen LogP contribution in [0.4, 0.5) is 0 Å². The molecule has 0 bridgehead atoms. The largest absolute Gasteiger partial charge is 0.465 e. The van der Waals surface area contributed by atoms with E-state index in [2.05, 4.69) is 20.7 Å². The first-order valence-electron chi connectivity index (χ1n) is 17.2. The molecular formula is C32H49N5O19. The number of azide groups is 1. The molecule has 0 aromatic rings. The van der Waals surface area contributed by atoms with Crippen molar-refractivity contribution in [3.8, 4) is 0 Å². The van der Waals surface area contributed by atoms with Crippen LogP contribution in [0.3, 0.4) is 0 Å². The van der Waals surface area contributed by atoms with Crippen LogP contribution in [0.2, 0.25) is 0 Å². The fraction of sp³-hybridized carbons (Fsp3) is 0.781. The number of aliphatic hydroxyl groups is 2. The van der Waals surface area contributed by atoms with E-state index in [1.165, 1.54) is 0 Å². The lowest BCUT2D eigenvalue weighted by Gasteiger charge is -2.49. The van der Waals surface area contributed by atoms with E-state index in [1.807, 2.05) is 0 Å². The molecule has 0 saturated carbocycles. The molecule has 11 atom stereocenters. The Morgan fingerprint density at radius 1 is 0.875 bits per heavy atom. The maximum atomic E-state index is 13.7. The van der Waals surface area contributed by atoms with Crippen molar-refractivity contribution in [3.63, 3.8) is 0 Å². The van der Waals surface area contributed by atoms with E-state index in [4.69, 9.17) is 52.9 Å². The number of esters is 5. The first kappa shape index (κ1) is 47.5. The Labute approximate surface area is 320 Å². The molecule has 0 unspecified atom stereocenters. The lowest BCUT2D eigenvalue weighted by atomic mass is 9.87. The van der Waals surface area contributed by atoms with Crippen LogP contribution in [0.25, 0.3) is 10.4 Å². The summed E-state index contributed by atoms with van der Waals surface area (Å²) in [6.45, 7) is 4.63. The number of aliphatic hydroxyl groups excluding tert-OH is 2. The van der Waals surface area contributed by atoms with Crippen molar-refractivity contribution in [2.75, 3.05) is 46.7 Å². The molecule has 4 N–H and O–H groups in total. The zero-order chi connectivity index (χ0) is 42.2. The van der Waals surface area contributed by atoms with Crippen LogP contribution in [0.5, 0.6) is 0 Å². The molecule has 2 rings (SSSR count). The van der Waals surface area contributed by atoms with Crippen LogP contribution >= 0.6 is 0 Å². The van der Waals surface area contributed by atoms with Gasteiger partial charge in [-0.25, -0.2) is 4.79 Å². The lowest BCUT2D eigenvalue weighted by molar-refractivity contribution is -0.332. The van der Waals surface area contributed by atoms with Crippen molar-refractivity contribution in [1.29, 1.82) is 0 Å². The minimum Gasteiger partial charge on any atom is -0.465 e. The van der Waals surface area contributed by atoms with Crippen molar-refractivity contribution in [1.82, 2.24) is 10.6 Å². The molecule has 56 heavy (non-hydrogen) atoms. The first-order valence-corrected chi connectivity index (χ1v) is 17.2. The average molecular weight is 808 g/mol. The summed E-state index contributed by atoms with van der Waals surface area (Å²) in [6, 6.07) is -2.79. The molecule has 0 spiro atoms. The quantitative estimate of drug-likeness (QED) is 0.0254. The van der Waals surface area contributed by atoms with E-state index in [1.54, 1.807) is 0 Å². The number of carbonyl (C=O) groups is 7. The van der Waals surface area contributed by atoms with Gasteiger partial charge in [-0.15, -0.1) is 0 Å². The zero-order valence-electron chi connectivity index (χ0n) is 31.9. The molecule has 2 fully saturated rings. The number of hydrogen-bond donors (Lipinski definition) is 4. The Morgan fingerprint density at radius 3 is 2.07 bits per heavy atom. The van der Waals surface area contributed by atoms with Gasteiger partial charge in [0.15, 0.2) is 18.5 Å². The van der Waals surface area contributed by atoms with Crippen molar-refractivity contribution in [2.24, 2.45) is 5.11 Å². The van der Waals surface area contributed by atoms with E-state index in [9.17, 15) is 43.8 Å². The van der Waals surface area contributed by atoms with Crippen LogP contribution in [0.15, 0.2) is 5.11 Å². The summed E-state index contributed by atoms with van der Waals surface area (Å²) in [4.78, 5) is 89.7. The second kappa shape index (κ2) is 22.8. The SMILES string of the molecule is COC(=O)[C@@]1(OC[C@H]2O[C@H](OCCOCCN=[N+]=[N-])[C@H](NC(C)=O)[C@@H](O)[C@H]2O)C[C@H](OC(C)=O)[C@@H](NC(C)=O)[C@H]([C@H](OC(C)=O)[C@@H](COC(C)=O)OC(C)=O)O1. The molecule has 2 aliphatic heterocycles. The van der Waals surface area contributed by atoms with Gasteiger partial charge >= 0.3 is 29.8 Å². The molecule has 2 aliphatic rings. The summed E-state index contributed by atoms with van der Waals surface area (Å²) in [5.74, 6) is -8.93. The summed E-state index contributed by atoms with van der Waals surface area (Å²) >= 11 is 0. The molecule has 0 aliphatic carbocycles. The lowest BCUT2D eigenvalue weighted by Crippen LogP contribution is -2.70. The van der Waals surface area contributed by atoms with E-state index in [-0.39, 0.29) is 26.4 Å². The van der Waals surface area contributed by atoms with E-state index >= 15 is 0 Å². The number of rotatable bonds is 20. The van der Waals surface area contributed by atoms with Gasteiger partial charge in [-0.05, 0) is 5.53 Å². The van der Waals surface area contributed by atoms with Gasteiger partial charge in [-0.1, -0.05) is 5.11 Å². The van der Waals surface area contributed by atoms with Gasteiger partial charge in [0, 0.05) is 53.0 Å². The van der Waals surface area contributed by atoms with Gasteiger partial charge in [-0.3, -0.25) is 28.8 Å². The number of nitrogens with zero attached hydrogens (tertiary/aromatic N) is 3. The van der Waals surface area contributed by atoms with Crippen LogP contribution < -0.4 is 10.6 Å². The van der Waals surface area contributed by atoms with E-state index < -0.39 is 128 Å². The highest BCUT2D eigenvalue weighted by Gasteiger charge is 2.60. The van der Waals surface area contributed by atoms with Crippen molar-refractivity contribution in [2.45, 2.75) is 115 Å². The minimum absolute atomic E-state index is 0.0439. The van der Waals surface area contributed by atoms with Crippen LogP contribution in [0.1, 0.15) is 48.0 Å². The van der Waals surface area contributed by atoms with Crippen LogP contribution in [-0.2, 0) is 80.9 Å². The predicted octanol–water partition coefficient (Wildman–Crippen LogP) is -2.18. The number of methoxy groups -OCH3 is 1. The number of hydrogen-bond acceptors (Lipinski definition) is 20. The van der Waals surface area contributed by atoms with Gasteiger partial charge in [0.25, 0.3) is 5.79 Å². The van der Waals surface area contributed by atoms with Crippen molar-refractivity contribution in [3.05, 3.63) is 10.4 Å². The minimum atomic E-state index is -2.66. The van der Waals surface area contributed by atoms with Crippen molar-refractivity contribution < 1.29 is 91.1 Å². The van der Waals surface area contributed by atoms with Gasteiger partial charge in [-0.2, -0.15) is 0 Å². The van der Waals surface area contributed by atoms with Crippen LogP contribution in [0, 0.1) is 0 Å². The summed E-state index contributed by atoms with van der Waals surface area (Å²) in [5.41, 5.74) is 8.40. The second-order valence-corrected chi connectivity index (χ2v) is 12.4. The Kier molecular flexibility index (Phi) is 19.3. The smallest absolute Gasteiger partial charge is 0.366 e. The Morgan fingerprint density at radius 2 is 1.52 bits per heavy atom. The Balaban J connectivity index is 2.61. The highest BCUT2D eigenvalue weighted by molar-refractivity contribution is 5.79. The maximum Gasteiger partial charge on any atom is 0.366 e. The predicted molar refractivity (Wildman–Crippen MR) is 180 cm³/mol. The highest BCUT2D eigenvalue weighted by atomic mass is 16.8. The van der Waals surface area contributed by atoms with Gasteiger partial charge in [0.2, 0.25) is 11.8 Å². The molecule has 0 radical (unpaired) electrons. The van der Waals surface area contributed by atoms with E-state index in [0.717, 1.165) is 48.7 Å². The third kappa shape index (κ3) is 14.4.